The van der Waals surface area contributed by atoms with Crippen molar-refractivity contribution >= 4 is 11.6 Å². The van der Waals surface area contributed by atoms with E-state index in [9.17, 15) is 4.39 Å². The summed E-state index contributed by atoms with van der Waals surface area (Å²) in [6, 6.07) is 4.19. The highest BCUT2D eigenvalue weighted by Crippen LogP contribution is 2.28. The Morgan fingerprint density at radius 1 is 1.47 bits per heavy atom. The van der Waals surface area contributed by atoms with Crippen LogP contribution in [0.15, 0.2) is 30.6 Å². The predicted octanol–water partition coefficient (Wildman–Crippen LogP) is 2.52. The van der Waals surface area contributed by atoms with E-state index in [2.05, 4.69) is 10.4 Å². The summed E-state index contributed by atoms with van der Waals surface area (Å²) in [5.74, 6) is -0.298. The van der Waals surface area contributed by atoms with Gasteiger partial charge in [0.15, 0.2) is 0 Å². The van der Waals surface area contributed by atoms with Crippen molar-refractivity contribution in [2.45, 2.75) is 6.04 Å². The Hall–Kier alpha value is -1.39. The highest BCUT2D eigenvalue weighted by Gasteiger charge is 2.17. The largest absolute Gasteiger partial charge is 0.309 e. The number of benzene rings is 1. The van der Waals surface area contributed by atoms with Gasteiger partial charge in [-0.05, 0) is 30.8 Å². The maximum Gasteiger partial charge on any atom is 0.123 e. The Morgan fingerprint density at radius 3 is 2.82 bits per heavy atom. The molecule has 0 aliphatic heterocycles. The summed E-state index contributed by atoms with van der Waals surface area (Å²) in [6.07, 6.45) is 3.62. The Balaban J connectivity index is 2.45. The molecule has 17 heavy (non-hydrogen) atoms. The molecule has 0 saturated carbocycles. The van der Waals surface area contributed by atoms with Crippen molar-refractivity contribution in [3.8, 4) is 0 Å². The fourth-order valence-electron chi connectivity index (χ4n) is 1.83. The lowest BCUT2D eigenvalue weighted by atomic mass is 10.0. The first-order chi connectivity index (χ1) is 8.11. The number of rotatable bonds is 3. The van der Waals surface area contributed by atoms with Crippen molar-refractivity contribution in [3.63, 3.8) is 0 Å². The molecule has 0 spiro atoms. The van der Waals surface area contributed by atoms with Crippen LogP contribution in [0.25, 0.3) is 0 Å². The molecule has 3 nitrogen and oxygen atoms in total. The zero-order valence-electron chi connectivity index (χ0n) is 9.61. The Morgan fingerprint density at radius 2 is 2.24 bits per heavy atom. The number of hydrogen-bond donors (Lipinski definition) is 1. The van der Waals surface area contributed by atoms with Gasteiger partial charge in [-0.2, -0.15) is 5.10 Å². The van der Waals surface area contributed by atoms with Gasteiger partial charge in [-0.3, -0.25) is 4.68 Å². The molecular weight excluding hydrogens is 241 g/mol. The second kappa shape index (κ2) is 4.85. The van der Waals surface area contributed by atoms with Crippen LogP contribution in [0.2, 0.25) is 5.02 Å². The number of halogens is 2. The van der Waals surface area contributed by atoms with Gasteiger partial charge in [0, 0.05) is 23.8 Å². The lowest BCUT2D eigenvalue weighted by Gasteiger charge is -2.16. The smallest absolute Gasteiger partial charge is 0.123 e. The molecule has 90 valence electrons. The lowest BCUT2D eigenvalue weighted by Crippen LogP contribution is -2.17. The molecular formula is C12H13ClFN3. The molecule has 1 heterocycles. The van der Waals surface area contributed by atoms with Crippen molar-refractivity contribution in [3.05, 3.63) is 52.6 Å². The van der Waals surface area contributed by atoms with E-state index in [1.54, 1.807) is 24.0 Å². The molecule has 0 amide bonds. The Kier molecular flexibility index (Phi) is 3.45. The predicted molar refractivity (Wildman–Crippen MR) is 65.5 cm³/mol. The van der Waals surface area contributed by atoms with Crippen LogP contribution < -0.4 is 5.32 Å². The number of hydrogen-bond acceptors (Lipinski definition) is 2. The molecule has 1 atom stereocenters. The topological polar surface area (TPSA) is 29.9 Å². The fourth-order valence-corrected chi connectivity index (χ4v) is 2.05. The van der Waals surface area contributed by atoms with Crippen LogP contribution in [-0.4, -0.2) is 16.8 Å². The van der Waals surface area contributed by atoms with Crippen LogP contribution in [0.5, 0.6) is 0 Å². The lowest BCUT2D eigenvalue weighted by molar-refractivity contribution is 0.616. The van der Waals surface area contributed by atoms with Crippen molar-refractivity contribution in [1.29, 1.82) is 0 Å². The summed E-state index contributed by atoms with van der Waals surface area (Å²) in [4.78, 5) is 0. The third-order valence-electron chi connectivity index (χ3n) is 2.62. The van der Waals surface area contributed by atoms with E-state index in [0.717, 1.165) is 5.56 Å². The fraction of sp³-hybridized carbons (Fsp3) is 0.250. The first kappa shape index (κ1) is 12.1. The van der Waals surface area contributed by atoms with Crippen LogP contribution >= 0.6 is 11.6 Å². The molecule has 0 saturated heterocycles. The summed E-state index contributed by atoms with van der Waals surface area (Å²) in [5, 5.41) is 7.75. The van der Waals surface area contributed by atoms with Crippen LogP contribution in [0, 0.1) is 5.82 Å². The molecule has 5 heteroatoms. The average Bonchev–Trinajstić information content (AvgIpc) is 2.71. The van der Waals surface area contributed by atoms with Gasteiger partial charge in [-0.15, -0.1) is 0 Å². The molecule has 0 aliphatic carbocycles. The molecule has 1 unspecified atom stereocenters. The Labute approximate surface area is 104 Å². The minimum absolute atomic E-state index is 0.160. The van der Waals surface area contributed by atoms with Gasteiger partial charge in [0.25, 0.3) is 0 Å². The monoisotopic (exact) mass is 253 g/mol. The number of nitrogens with zero attached hydrogens (tertiary/aromatic N) is 2. The third kappa shape index (κ3) is 2.48. The van der Waals surface area contributed by atoms with Crippen LogP contribution in [0.4, 0.5) is 4.39 Å². The molecule has 2 aromatic rings. The highest BCUT2D eigenvalue weighted by molar-refractivity contribution is 6.31. The molecule has 0 aliphatic rings. The second-order valence-corrected chi connectivity index (χ2v) is 4.24. The number of aryl methyl sites for hydroxylation is 1. The van der Waals surface area contributed by atoms with E-state index in [0.29, 0.717) is 10.6 Å². The van der Waals surface area contributed by atoms with Gasteiger partial charge in [0.05, 0.1) is 12.2 Å². The number of aromatic nitrogens is 2. The molecule has 1 aromatic carbocycles. The minimum atomic E-state index is -0.298. The second-order valence-electron chi connectivity index (χ2n) is 3.83. The molecule has 2 rings (SSSR count). The van der Waals surface area contributed by atoms with Gasteiger partial charge in [0.2, 0.25) is 0 Å². The quantitative estimate of drug-likeness (QED) is 0.911. The van der Waals surface area contributed by atoms with Crippen molar-refractivity contribution in [1.82, 2.24) is 15.1 Å². The van der Waals surface area contributed by atoms with Gasteiger partial charge >= 0.3 is 0 Å². The summed E-state index contributed by atoms with van der Waals surface area (Å²) >= 11 is 6.09. The Bertz CT molecular complexity index is 524. The van der Waals surface area contributed by atoms with Crippen molar-refractivity contribution < 1.29 is 4.39 Å². The molecule has 0 bridgehead atoms. The highest BCUT2D eigenvalue weighted by atomic mass is 35.5. The maximum absolute atomic E-state index is 13.3. The minimum Gasteiger partial charge on any atom is -0.309 e. The van der Waals surface area contributed by atoms with Gasteiger partial charge in [0.1, 0.15) is 5.82 Å². The first-order valence-corrected chi connectivity index (χ1v) is 5.60. The SMILES string of the molecule is CNC(c1cnn(C)c1)c1cc(F)ccc1Cl. The standard InChI is InChI=1S/C12H13ClFN3/c1-15-12(8-6-16-17(2)7-8)10-5-9(14)3-4-11(10)13/h3-7,12,15H,1-2H3. The normalized spacial score (nSPS) is 12.7. The van der Waals surface area contributed by atoms with Gasteiger partial charge in [-0.25, -0.2) is 4.39 Å². The van der Waals surface area contributed by atoms with Crippen LogP contribution in [0.1, 0.15) is 17.2 Å². The summed E-state index contributed by atoms with van der Waals surface area (Å²) < 4.78 is 15.0. The van der Waals surface area contributed by atoms with Gasteiger partial charge in [-0.1, -0.05) is 11.6 Å². The summed E-state index contributed by atoms with van der Waals surface area (Å²) in [6.45, 7) is 0. The zero-order valence-corrected chi connectivity index (χ0v) is 10.4. The maximum atomic E-state index is 13.3. The summed E-state index contributed by atoms with van der Waals surface area (Å²) in [7, 11) is 3.64. The van der Waals surface area contributed by atoms with E-state index in [1.807, 2.05) is 13.2 Å². The van der Waals surface area contributed by atoms with Crippen LogP contribution in [-0.2, 0) is 7.05 Å². The number of nitrogens with one attached hydrogen (secondary N) is 1. The molecule has 0 radical (unpaired) electrons. The van der Waals surface area contributed by atoms with E-state index >= 15 is 0 Å². The van der Waals surface area contributed by atoms with E-state index in [4.69, 9.17) is 11.6 Å². The third-order valence-corrected chi connectivity index (χ3v) is 2.96. The first-order valence-electron chi connectivity index (χ1n) is 5.22. The average molecular weight is 254 g/mol. The zero-order chi connectivity index (χ0) is 12.4. The molecule has 1 N–H and O–H groups in total. The van der Waals surface area contributed by atoms with Gasteiger partial charge < -0.3 is 5.32 Å². The van der Waals surface area contributed by atoms with Crippen LogP contribution in [0.3, 0.4) is 0 Å². The van der Waals surface area contributed by atoms with E-state index in [-0.39, 0.29) is 11.9 Å². The molecule has 1 aromatic heterocycles. The molecule has 0 fully saturated rings. The van der Waals surface area contributed by atoms with Crippen molar-refractivity contribution in [2.75, 3.05) is 7.05 Å². The van der Waals surface area contributed by atoms with E-state index < -0.39 is 0 Å². The van der Waals surface area contributed by atoms with E-state index in [1.165, 1.54) is 12.1 Å². The summed E-state index contributed by atoms with van der Waals surface area (Å²) in [5.41, 5.74) is 1.66. The van der Waals surface area contributed by atoms with Crippen molar-refractivity contribution in [2.24, 2.45) is 7.05 Å².